The molecule has 0 bridgehead atoms. The topological polar surface area (TPSA) is 86.8 Å². The zero-order chi connectivity index (χ0) is 25.8. The van der Waals surface area contributed by atoms with E-state index < -0.39 is 28.8 Å². The average Bonchev–Trinajstić information content (AvgIpc) is 2.85. The highest BCUT2D eigenvalue weighted by molar-refractivity contribution is 7.83. The first kappa shape index (κ1) is 26.4. The van der Waals surface area contributed by atoms with Gasteiger partial charge in [0.25, 0.3) is 0 Å². The first-order chi connectivity index (χ1) is 16.6. The van der Waals surface area contributed by atoms with Crippen LogP contribution in [0.2, 0.25) is 0 Å². The molecule has 0 amide bonds. The van der Waals surface area contributed by atoms with Crippen molar-refractivity contribution in [2.45, 2.75) is 38.4 Å². The summed E-state index contributed by atoms with van der Waals surface area (Å²) < 4.78 is 68.0. The van der Waals surface area contributed by atoms with Crippen molar-refractivity contribution in [3.63, 3.8) is 0 Å². The molecule has 3 rings (SSSR count). The van der Waals surface area contributed by atoms with E-state index in [1.54, 1.807) is 30.3 Å². The molecule has 1 heterocycles. The predicted molar refractivity (Wildman–Crippen MR) is 126 cm³/mol. The summed E-state index contributed by atoms with van der Waals surface area (Å²) in [5.74, 6) is 0.750. The van der Waals surface area contributed by atoms with Crippen LogP contribution in [0.25, 0.3) is 10.8 Å². The Hall–Kier alpha value is -3.18. The van der Waals surface area contributed by atoms with Crippen molar-refractivity contribution in [1.82, 2.24) is 9.71 Å². The molecule has 1 aromatic heterocycles. The van der Waals surface area contributed by atoms with Crippen LogP contribution >= 0.6 is 0 Å². The lowest BCUT2D eigenvalue weighted by Gasteiger charge is -2.16. The van der Waals surface area contributed by atoms with Crippen molar-refractivity contribution >= 4 is 27.5 Å². The number of methoxy groups -OCH3 is 2. The smallest absolute Gasteiger partial charge is 0.485 e. The maximum Gasteiger partial charge on any atom is 0.485 e. The minimum Gasteiger partial charge on any atom is -0.493 e. The van der Waals surface area contributed by atoms with Crippen LogP contribution in [-0.4, -0.2) is 40.8 Å². The maximum absolute atomic E-state index is 13.4. The molecule has 0 aliphatic rings. The Morgan fingerprint density at radius 3 is 2.37 bits per heavy atom. The Morgan fingerprint density at radius 2 is 1.77 bits per heavy atom. The fraction of sp³-hybridized carbons (Fsp3) is 0.333. The summed E-state index contributed by atoms with van der Waals surface area (Å²) in [4.78, 5) is 17.7. The highest BCUT2D eigenvalue weighted by Gasteiger charge is 2.37. The van der Waals surface area contributed by atoms with E-state index in [9.17, 15) is 22.2 Å². The van der Waals surface area contributed by atoms with Gasteiger partial charge in [-0.15, -0.1) is 0 Å². The summed E-state index contributed by atoms with van der Waals surface area (Å²) in [5.41, 5.74) is -4.22. The van der Waals surface area contributed by atoms with Gasteiger partial charge in [0.2, 0.25) is 5.78 Å². The lowest BCUT2D eigenvalue weighted by Crippen LogP contribution is -2.29. The van der Waals surface area contributed by atoms with Crippen molar-refractivity contribution in [3.8, 4) is 17.2 Å². The number of nitrogens with zero attached hydrogens (tertiary/aromatic N) is 1. The minimum absolute atomic E-state index is 0.0370. The van der Waals surface area contributed by atoms with Crippen LogP contribution in [0.15, 0.2) is 42.6 Å². The standard InChI is InChI=1S/C24H25F3N2O5S/c1-5-14(2)34-17-8-6-7-15(9-17)23(30)22-19-11-21(33-4)20(32-3)10-18(19)16(12-28-22)13-29-35(31)24(25,26)27/h6-12,14,29H,5,13H2,1-4H3. The summed E-state index contributed by atoms with van der Waals surface area (Å²) in [6, 6.07) is 9.77. The van der Waals surface area contributed by atoms with E-state index >= 15 is 0 Å². The maximum atomic E-state index is 13.4. The normalized spacial score (nSPS) is 13.3. The molecule has 35 heavy (non-hydrogen) atoms. The lowest BCUT2D eigenvalue weighted by molar-refractivity contribution is -0.0394. The molecule has 3 aromatic rings. The second-order valence-corrected chi connectivity index (χ2v) is 8.90. The van der Waals surface area contributed by atoms with E-state index in [1.807, 2.05) is 18.6 Å². The van der Waals surface area contributed by atoms with Gasteiger partial charge in [0.05, 0.1) is 20.3 Å². The number of ether oxygens (including phenoxy) is 3. The van der Waals surface area contributed by atoms with Crippen LogP contribution < -0.4 is 18.9 Å². The Bertz CT molecular complexity index is 1250. The molecule has 2 atom stereocenters. The molecular weight excluding hydrogens is 485 g/mol. The van der Waals surface area contributed by atoms with Crippen LogP contribution in [0, 0.1) is 0 Å². The highest BCUT2D eigenvalue weighted by atomic mass is 32.2. The number of hydrogen-bond donors (Lipinski definition) is 1. The molecule has 0 saturated heterocycles. The summed E-state index contributed by atoms with van der Waals surface area (Å²) in [6.45, 7) is 3.50. The van der Waals surface area contributed by atoms with E-state index in [0.717, 1.165) is 6.42 Å². The van der Waals surface area contributed by atoms with Crippen LogP contribution in [0.5, 0.6) is 17.2 Å². The molecule has 7 nitrogen and oxygen atoms in total. The molecule has 0 aliphatic carbocycles. The number of fused-ring (bicyclic) bond motifs is 1. The number of ketones is 1. The van der Waals surface area contributed by atoms with Crippen molar-refractivity contribution < 1.29 is 36.4 Å². The molecule has 11 heteroatoms. The Kier molecular flexibility index (Phi) is 8.34. The van der Waals surface area contributed by atoms with E-state index in [1.165, 1.54) is 26.5 Å². The van der Waals surface area contributed by atoms with Gasteiger partial charge in [-0.1, -0.05) is 19.1 Å². The molecule has 0 saturated carbocycles. The van der Waals surface area contributed by atoms with Crippen molar-refractivity contribution in [1.29, 1.82) is 0 Å². The van der Waals surface area contributed by atoms with Gasteiger partial charge in [-0.2, -0.15) is 13.2 Å². The van der Waals surface area contributed by atoms with Crippen molar-refractivity contribution in [3.05, 3.63) is 59.4 Å². The zero-order valence-corrected chi connectivity index (χ0v) is 20.4. The Morgan fingerprint density at radius 1 is 1.11 bits per heavy atom. The predicted octanol–water partition coefficient (Wildman–Crippen LogP) is 4.93. The third kappa shape index (κ3) is 6.09. The number of carbonyl (C=O) groups excluding carboxylic acids is 1. The Balaban J connectivity index is 2.08. The van der Waals surface area contributed by atoms with Crippen LogP contribution in [-0.2, 0) is 17.5 Å². The second-order valence-electron chi connectivity index (χ2n) is 7.61. The number of halogens is 3. The second kappa shape index (κ2) is 11.0. The SMILES string of the molecule is CCC(C)Oc1cccc(C(=O)c2ncc(CNS(=O)C(F)(F)F)c3cc(OC)c(OC)cc23)c1. The first-order valence-electron chi connectivity index (χ1n) is 10.7. The molecule has 2 unspecified atom stereocenters. The minimum atomic E-state index is -4.91. The quantitative estimate of drug-likeness (QED) is 0.389. The van der Waals surface area contributed by atoms with E-state index in [-0.39, 0.29) is 11.8 Å². The first-order valence-corrected chi connectivity index (χ1v) is 11.8. The van der Waals surface area contributed by atoms with Gasteiger partial charge < -0.3 is 14.2 Å². The molecule has 1 N–H and O–H groups in total. The monoisotopic (exact) mass is 510 g/mol. The molecule has 0 fully saturated rings. The number of aromatic nitrogens is 1. The van der Waals surface area contributed by atoms with Crippen LogP contribution in [0.1, 0.15) is 41.9 Å². The highest BCUT2D eigenvalue weighted by Crippen LogP contribution is 2.35. The van der Waals surface area contributed by atoms with Gasteiger partial charge >= 0.3 is 5.51 Å². The van der Waals surface area contributed by atoms with Gasteiger partial charge in [0.1, 0.15) is 11.4 Å². The van der Waals surface area contributed by atoms with E-state index in [4.69, 9.17) is 14.2 Å². The van der Waals surface area contributed by atoms with Crippen LogP contribution in [0.4, 0.5) is 13.2 Å². The van der Waals surface area contributed by atoms with Gasteiger partial charge in [0, 0.05) is 23.7 Å². The van der Waals surface area contributed by atoms with Gasteiger partial charge in [-0.25, -0.2) is 8.93 Å². The zero-order valence-electron chi connectivity index (χ0n) is 19.6. The number of nitrogens with one attached hydrogen (secondary N) is 1. The van der Waals surface area contributed by atoms with E-state index in [0.29, 0.717) is 39.1 Å². The Labute approximate surface area is 203 Å². The molecule has 188 valence electrons. The summed E-state index contributed by atoms with van der Waals surface area (Å²) in [7, 11) is -0.425. The number of carbonyl (C=O) groups is 1. The average molecular weight is 511 g/mol. The molecular formula is C24H25F3N2O5S. The molecule has 0 aliphatic heterocycles. The molecule has 2 aromatic carbocycles. The molecule has 0 radical (unpaired) electrons. The number of rotatable bonds is 10. The van der Waals surface area contributed by atoms with Crippen molar-refractivity contribution in [2.24, 2.45) is 0 Å². The third-order valence-electron chi connectivity index (χ3n) is 5.30. The van der Waals surface area contributed by atoms with Gasteiger partial charge in [-0.05, 0) is 48.6 Å². The van der Waals surface area contributed by atoms with Crippen LogP contribution in [0.3, 0.4) is 0 Å². The fourth-order valence-electron chi connectivity index (χ4n) is 3.33. The summed E-state index contributed by atoms with van der Waals surface area (Å²) in [6.07, 6.45) is 2.03. The van der Waals surface area contributed by atoms with E-state index in [2.05, 4.69) is 4.98 Å². The number of pyridine rings is 1. The van der Waals surface area contributed by atoms with Gasteiger partial charge in [0.15, 0.2) is 22.5 Å². The molecule has 0 spiro atoms. The number of alkyl halides is 3. The summed E-state index contributed by atoms with van der Waals surface area (Å²) >= 11 is 0. The number of benzene rings is 2. The van der Waals surface area contributed by atoms with Gasteiger partial charge in [-0.3, -0.25) is 9.78 Å². The van der Waals surface area contributed by atoms with Crippen molar-refractivity contribution in [2.75, 3.05) is 14.2 Å². The summed E-state index contributed by atoms with van der Waals surface area (Å²) in [5, 5.41) is 0.748. The fourth-order valence-corrected chi connectivity index (χ4v) is 3.78. The lowest BCUT2D eigenvalue weighted by atomic mass is 9.99. The number of hydrogen-bond acceptors (Lipinski definition) is 6. The third-order valence-corrected chi connectivity index (χ3v) is 6.13. The largest absolute Gasteiger partial charge is 0.493 e.